The zero-order chi connectivity index (χ0) is 6.70. The van der Waals surface area contributed by atoms with E-state index in [1.165, 1.54) is 19.3 Å². The summed E-state index contributed by atoms with van der Waals surface area (Å²) in [6.07, 6.45) is 4.58. The van der Waals surface area contributed by atoms with E-state index in [4.69, 9.17) is 0 Å². The molecule has 0 aromatic heterocycles. The van der Waals surface area contributed by atoms with Crippen molar-refractivity contribution < 1.29 is 0 Å². The van der Waals surface area contributed by atoms with E-state index < -0.39 is 0 Å². The van der Waals surface area contributed by atoms with E-state index in [9.17, 15) is 0 Å². The number of hydrogen-bond donors (Lipinski definition) is 0. The van der Waals surface area contributed by atoms with Crippen molar-refractivity contribution in [1.82, 2.24) is 0 Å². The molecular formula is C10H20. The molecule has 10 heavy (non-hydrogen) atoms. The first kappa shape index (κ1) is 8.10. The van der Waals surface area contributed by atoms with Gasteiger partial charge in [-0.1, -0.05) is 28.2 Å². The van der Waals surface area contributed by atoms with Crippen LogP contribution in [0.1, 0.15) is 47.5 Å². The maximum Gasteiger partial charge on any atom is -0.0259 e. The first-order valence-corrected chi connectivity index (χ1v) is 4.06. The second-order valence-electron chi connectivity index (χ2n) is 4.86. The minimum absolute atomic E-state index is 0. The molecule has 0 aromatic carbocycles. The van der Waals surface area contributed by atoms with Crippen LogP contribution in [0.4, 0.5) is 0 Å². The van der Waals surface area contributed by atoms with Crippen LogP contribution in [0.3, 0.4) is 0 Å². The van der Waals surface area contributed by atoms with E-state index in [2.05, 4.69) is 20.8 Å². The van der Waals surface area contributed by atoms with Crippen LogP contribution in [-0.4, -0.2) is 0 Å². The molecule has 3 aliphatic rings. The molecule has 0 atom stereocenters. The zero-order valence-corrected chi connectivity index (χ0v) is 6.70. The lowest BCUT2D eigenvalue weighted by Crippen LogP contribution is -2.62. The van der Waals surface area contributed by atoms with E-state index in [1.807, 2.05) is 0 Å². The molecule has 0 heteroatoms. The van der Waals surface area contributed by atoms with Gasteiger partial charge in [0.25, 0.3) is 0 Å². The summed E-state index contributed by atoms with van der Waals surface area (Å²) in [7, 11) is 0. The van der Waals surface area contributed by atoms with Crippen molar-refractivity contribution in [2.75, 3.05) is 0 Å². The lowest BCUT2D eigenvalue weighted by atomic mass is 9.33. The maximum absolute atomic E-state index is 2.43. The largest absolute Gasteiger partial charge is 0.0776 e. The Bertz CT molecular complexity index is 124. The van der Waals surface area contributed by atoms with Crippen LogP contribution in [0.5, 0.6) is 0 Å². The van der Waals surface area contributed by atoms with Crippen molar-refractivity contribution in [3.05, 3.63) is 0 Å². The van der Waals surface area contributed by atoms with Crippen LogP contribution in [0.25, 0.3) is 0 Å². The fourth-order valence-corrected chi connectivity index (χ4v) is 3.01. The fraction of sp³-hybridized carbons (Fsp3) is 1.00. The SMILES string of the molecule is C.CC(C)C12CC(C)(C1)C2. The highest BCUT2D eigenvalue weighted by atomic mass is 14.7. The van der Waals surface area contributed by atoms with Gasteiger partial charge in [-0.15, -0.1) is 0 Å². The Balaban J connectivity index is 0.000000500. The Morgan fingerprint density at radius 3 is 1.60 bits per heavy atom. The third-order valence-corrected chi connectivity index (χ3v) is 3.56. The Kier molecular flexibility index (Phi) is 1.44. The van der Waals surface area contributed by atoms with Crippen LogP contribution in [0.2, 0.25) is 0 Å². The third-order valence-electron chi connectivity index (χ3n) is 3.56. The van der Waals surface area contributed by atoms with Gasteiger partial charge in [-0.25, -0.2) is 0 Å². The minimum atomic E-state index is 0. The molecule has 0 saturated heterocycles. The Labute approximate surface area is 65.0 Å². The standard InChI is InChI=1S/C9H16.CH4/c1-7(2)9-4-8(3,5-9)6-9;/h7H,4-6H2,1-3H3;1H4. The van der Waals surface area contributed by atoms with E-state index >= 15 is 0 Å². The molecular weight excluding hydrogens is 120 g/mol. The smallest absolute Gasteiger partial charge is 0.0259 e. The van der Waals surface area contributed by atoms with Crippen LogP contribution in [0, 0.1) is 16.7 Å². The second-order valence-corrected chi connectivity index (χ2v) is 4.86. The lowest BCUT2D eigenvalue weighted by Gasteiger charge is -2.72. The van der Waals surface area contributed by atoms with Gasteiger partial charge in [0, 0.05) is 0 Å². The summed E-state index contributed by atoms with van der Waals surface area (Å²) in [6, 6.07) is 0. The van der Waals surface area contributed by atoms with E-state index in [-0.39, 0.29) is 7.43 Å². The molecule has 0 aromatic rings. The molecule has 3 saturated carbocycles. The van der Waals surface area contributed by atoms with E-state index in [1.54, 1.807) is 0 Å². The van der Waals surface area contributed by atoms with Gasteiger partial charge in [-0.05, 0) is 36.0 Å². The molecule has 0 amide bonds. The van der Waals surface area contributed by atoms with Crippen molar-refractivity contribution >= 4 is 0 Å². The summed E-state index contributed by atoms with van der Waals surface area (Å²) in [5.41, 5.74) is 1.64. The zero-order valence-electron chi connectivity index (χ0n) is 6.70. The van der Waals surface area contributed by atoms with Gasteiger partial charge < -0.3 is 0 Å². The van der Waals surface area contributed by atoms with Gasteiger partial charge >= 0.3 is 0 Å². The van der Waals surface area contributed by atoms with E-state index in [0.717, 1.165) is 16.7 Å². The first-order valence-electron chi connectivity index (χ1n) is 4.06. The van der Waals surface area contributed by atoms with E-state index in [0.29, 0.717) is 0 Å². The Hall–Kier alpha value is 0. The van der Waals surface area contributed by atoms with Crippen molar-refractivity contribution in [3.8, 4) is 0 Å². The molecule has 3 fully saturated rings. The quantitative estimate of drug-likeness (QED) is 0.523. The van der Waals surface area contributed by atoms with Gasteiger partial charge in [-0.3, -0.25) is 0 Å². The molecule has 0 nitrogen and oxygen atoms in total. The highest BCUT2D eigenvalue weighted by molar-refractivity contribution is 5.15. The van der Waals surface area contributed by atoms with Crippen molar-refractivity contribution in [1.29, 1.82) is 0 Å². The monoisotopic (exact) mass is 140 g/mol. The summed E-state index contributed by atoms with van der Waals surface area (Å²) in [6.45, 7) is 7.18. The average molecular weight is 140 g/mol. The first-order chi connectivity index (χ1) is 4.06. The minimum Gasteiger partial charge on any atom is -0.0776 e. The number of hydrogen-bond acceptors (Lipinski definition) is 0. The van der Waals surface area contributed by atoms with Gasteiger partial charge in [0.2, 0.25) is 0 Å². The topological polar surface area (TPSA) is 0 Å². The van der Waals surface area contributed by atoms with Gasteiger partial charge in [0.05, 0.1) is 0 Å². The van der Waals surface area contributed by atoms with Crippen LogP contribution in [0.15, 0.2) is 0 Å². The predicted molar refractivity (Wildman–Crippen MR) is 46.0 cm³/mol. The van der Waals surface area contributed by atoms with Gasteiger partial charge in [-0.2, -0.15) is 0 Å². The van der Waals surface area contributed by atoms with Gasteiger partial charge in [0.15, 0.2) is 0 Å². The summed E-state index contributed by atoms with van der Waals surface area (Å²) < 4.78 is 0. The van der Waals surface area contributed by atoms with Crippen LogP contribution >= 0.6 is 0 Å². The summed E-state index contributed by atoms with van der Waals surface area (Å²) in [5, 5.41) is 0. The van der Waals surface area contributed by atoms with Crippen LogP contribution < -0.4 is 0 Å². The second kappa shape index (κ2) is 1.78. The fourth-order valence-electron chi connectivity index (χ4n) is 3.01. The lowest BCUT2D eigenvalue weighted by molar-refractivity contribution is -0.217. The molecule has 0 aliphatic heterocycles. The molecule has 0 spiro atoms. The molecule has 2 bridgehead atoms. The van der Waals surface area contributed by atoms with Gasteiger partial charge in [0.1, 0.15) is 0 Å². The van der Waals surface area contributed by atoms with Crippen LogP contribution in [-0.2, 0) is 0 Å². The van der Waals surface area contributed by atoms with Crippen molar-refractivity contribution in [3.63, 3.8) is 0 Å². The highest BCUT2D eigenvalue weighted by Crippen LogP contribution is 2.75. The molecule has 3 aliphatic carbocycles. The number of rotatable bonds is 1. The summed E-state index contributed by atoms with van der Waals surface area (Å²) in [5.74, 6) is 0.944. The van der Waals surface area contributed by atoms with Crippen molar-refractivity contribution in [2.45, 2.75) is 47.5 Å². The highest BCUT2D eigenvalue weighted by Gasteiger charge is 2.65. The average Bonchev–Trinajstić information content (AvgIpc) is 1.54. The molecule has 0 unspecified atom stereocenters. The Morgan fingerprint density at radius 1 is 1.10 bits per heavy atom. The summed E-state index contributed by atoms with van der Waals surface area (Å²) in [4.78, 5) is 0. The molecule has 0 N–H and O–H groups in total. The van der Waals surface area contributed by atoms with Crippen molar-refractivity contribution in [2.24, 2.45) is 16.7 Å². The predicted octanol–water partition coefficient (Wildman–Crippen LogP) is 3.47. The maximum atomic E-state index is 2.43. The normalized spacial score (nSPS) is 49.2. The summed E-state index contributed by atoms with van der Waals surface area (Å²) >= 11 is 0. The molecule has 60 valence electrons. The third kappa shape index (κ3) is 0.681. The Morgan fingerprint density at radius 2 is 1.50 bits per heavy atom. The molecule has 0 heterocycles. The molecule has 0 radical (unpaired) electrons. The molecule has 3 rings (SSSR count).